The van der Waals surface area contributed by atoms with Gasteiger partial charge in [-0.2, -0.15) is 0 Å². The zero-order valence-corrected chi connectivity index (χ0v) is 28.0. The first-order valence-corrected chi connectivity index (χ1v) is 17.1. The number of hydrogen-bond donors (Lipinski definition) is 0. The Balaban J connectivity index is 1.32. The van der Waals surface area contributed by atoms with Crippen molar-refractivity contribution in [1.82, 2.24) is 0 Å². The van der Waals surface area contributed by atoms with Crippen molar-refractivity contribution in [1.29, 1.82) is 0 Å². The number of carbonyl (C=O) groups excluding carboxylic acids is 4. The van der Waals surface area contributed by atoms with Gasteiger partial charge in [0, 0.05) is 62.1 Å². The predicted molar refractivity (Wildman–Crippen MR) is 184 cm³/mol. The van der Waals surface area contributed by atoms with E-state index in [0.29, 0.717) is 64.0 Å². The SMILES string of the molecule is CCOCCN1C(=O)C(C2C(=O)N(CC)c3cc4c(cc32)N(CC)C(=O)C4C2C(=O)N(CCOCC)c3ccccc32)c2ccccc21. The number of para-hydroxylation sites is 2. The molecule has 250 valence electrons. The van der Waals surface area contributed by atoms with Crippen LogP contribution in [0.1, 0.15) is 73.6 Å². The van der Waals surface area contributed by atoms with Gasteiger partial charge in [0.25, 0.3) is 0 Å². The van der Waals surface area contributed by atoms with Crippen LogP contribution in [0.25, 0.3) is 0 Å². The van der Waals surface area contributed by atoms with E-state index < -0.39 is 23.7 Å². The first-order valence-electron chi connectivity index (χ1n) is 17.1. The standard InChI is InChI=1S/C38H42N4O6/c1-5-39-29-21-26-30(22-25(29)33(35(39)43)31-23-13-9-11-15-27(23)41(37(31)45)17-19-47-7-3)40(6-2)36(44)34(26)32-24-14-10-12-16-28(24)42(38(32)46)18-20-48-8-4/h9-16,21-22,31-34H,5-8,17-20H2,1-4H3. The van der Waals surface area contributed by atoms with Crippen molar-refractivity contribution >= 4 is 46.4 Å². The molecule has 0 spiro atoms. The van der Waals surface area contributed by atoms with Crippen molar-refractivity contribution in [3.05, 3.63) is 82.9 Å². The minimum Gasteiger partial charge on any atom is -0.380 e. The molecule has 4 aliphatic rings. The van der Waals surface area contributed by atoms with E-state index in [-0.39, 0.29) is 23.6 Å². The Bertz CT molecular complexity index is 1660. The van der Waals surface area contributed by atoms with E-state index in [1.54, 1.807) is 19.6 Å². The molecular formula is C38H42N4O6. The van der Waals surface area contributed by atoms with Crippen molar-refractivity contribution < 1.29 is 28.7 Å². The molecule has 4 atom stereocenters. The average molecular weight is 651 g/mol. The van der Waals surface area contributed by atoms with Gasteiger partial charge in [-0.25, -0.2) is 0 Å². The zero-order valence-electron chi connectivity index (χ0n) is 28.0. The van der Waals surface area contributed by atoms with E-state index in [1.165, 1.54) is 0 Å². The molecule has 3 aromatic carbocycles. The van der Waals surface area contributed by atoms with Gasteiger partial charge in [-0.3, -0.25) is 19.2 Å². The zero-order chi connectivity index (χ0) is 33.7. The molecule has 0 saturated carbocycles. The average Bonchev–Trinajstić information content (AvgIpc) is 3.72. The summed E-state index contributed by atoms with van der Waals surface area (Å²) >= 11 is 0. The maximum atomic E-state index is 14.3. The van der Waals surface area contributed by atoms with Gasteiger partial charge >= 0.3 is 0 Å². The summed E-state index contributed by atoms with van der Waals surface area (Å²) < 4.78 is 11.2. The molecule has 4 heterocycles. The van der Waals surface area contributed by atoms with E-state index in [9.17, 15) is 19.2 Å². The normalized spacial score (nSPS) is 22.6. The van der Waals surface area contributed by atoms with Crippen LogP contribution >= 0.6 is 0 Å². The molecule has 0 fully saturated rings. The molecule has 0 radical (unpaired) electrons. The molecule has 10 heteroatoms. The quantitative estimate of drug-likeness (QED) is 0.258. The van der Waals surface area contributed by atoms with Gasteiger partial charge in [-0.15, -0.1) is 0 Å². The molecule has 4 aliphatic heterocycles. The van der Waals surface area contributed by atoms with E-state index in [0.717, 1.165) is 33.6 Å². The van der Waals surface area contributed by atoms with Crippen LogP contribution in [0.15, 0.2) is 60.7 Å². The molecule has 0 aliphatic carbocycles. The van der Waals surface area contributed by atoms with Crippen LogP contribution in [-0.2, 0) is 28.7 Å². The Morgan fingerprint density at radius 3 is 1.21 bits per heavy atom. The summed E-state index contributed by atoms with van der Waals surface area (Å²) in [6.07, 6.45) is 0. The summed E-state index contributed by atoms with van der Waals surface area (Å²) in [5, 5.41) is 0. The maximum Gasteiger partial charge on any atom is 0.235 e. The monoisotopic (exact) mass is 650 g/mol. The van der Waals surface area contributed by atoms with Crippen LogP contribution < -0.4 is 19.6 Å². The van der Waals surface area contributed by atoms with Gasteiger partial charge in [0.05, 0.1) is 36.9 Å². The molecule has 0 aromatic heterocycles. The van der Waals surface area contributed by atoms with Crippen molar-refractivity contribution in [2.45, 2.75) is 51.4 Å². The minimum absolute atomic E-state index is 0.125. The fraction of sp³-hybridized carbons (Fsp3) is 0.421. The Hall–Kier alpha value is -4.54. The van der Waals surface area contributed by atoms with E-state index in [1.807, 2.05) is 88.4 Å². The van der Waals surface area contributed by atoms with Crippen LogP contribution in [0.4, 0.5) is 22.7 Å². The van der Waals surface area contributed by atoms with Crippen LogP contribution in [0.3, 0.4) is 0 Å². The highest BCUT2D eigenvalue weighted by molar-refractivity contribution is 6.17. The molecule has 48 heavy (non-hydrogen) atoms. The second-order valence-electron chi connectivity index (χ2n) is 12.5. The lowest BCUT2D eigenvalue weighted by molar-refractivity contribution is -0.125. The van der Waals surface area contributed by atoms with E-state index in [4.69, 9.17) is 9.47 Å². The van der Waals surface area contributed by atoms with Gasteiger partial charge < -0.3 is 29.1 Å². The number of fused-ring (bicyclic) bond motifs is 4. The smallest absolute Gasteiger partial charge is 0.235 e. The number of anilines is 4. The van der Waals surface area contributed by atoms with Crippen molar-refractivity contribution in [2.24, 2.45) is 0 Å². The third-order valence-corrected chi connectivity index (χ3v) is 10.3. The Kier molecular flexibility index (Phi) is 8.55. The van der Waals surface area contributed by atoms with Gasteiger partial charge in [0.1, 0.15) is 0 Å². The van der Waals surface area contributed by atoms with Gasteiger partial charge in [0.15, 0.2) is 0 Å². The van der Waals surface area contributed by atoms with Crippen molar-refractivity contribution in [3.63, 3.8) is 0 Å². The number of nitrogens with zero attached hydrogens (tertiary/aromatic N) is 4. The Morgan fingerprint density at radius 2 is 0.833 bits per heavy atom. The molecule has 10 nitrogen and oxygen atoms in total. The van der Waals surface area contributed by atoms with Crippen LogP contribution in [0.5, 0.6) is 0 Å². The highest BCUT2D eigenvalue weighted by Crippen LogP contribution is 2.56. The second kappa shape index (κ2) is 12.8. The lowest BCUT2D eigenvalue weighted by atomic mass is 9.80. The second-order valence-corrected chi connectivity index (χ2v) is 12.5. The third-order valence-electron chi connectivity index (χ3n) is 10.3. The Labute approximate surface area is 281 Å². The minimum atomic E-state index is -0.744. The number of carbonyl (C=O) groups is 4. The highest BCUT2D eigenvalue weighted by Gasteiger charge is 2.54. The summed E-state index contributed by atoms with van der Waals surface area (Å²) in [6, 6.07) is 19.2. The van der Waals surface area contributed by atoms with Gasteiger partial charge in [0.2, 0.25) is 23.6 Å². The summed E-state index contributed by atoms with van der Waals surface area (Å²) in [7, 11) is 0. The molecular weight excluding hydrogens is 608 g/mol. The highest BCUT2D eigenvalue weighted by atomic mass is 16.5. The molecule has 0 bridgehead atoms. The lowest BCUT2D eigenvalue weighted by Gasteiger charge is -2.21. The number of hydrogen-bond acceptors (Lipinski definition) is 6. The number of amides is 4. The first kappa shape index (κ1) is 32.0. The number of benzene rings is 3. The fourth-order valence-corrected chi connectivity index (χ4v) is 8.25. The molecule has 0 N–H and O–H groups in total. The summed E-state index contributed by atoms with van der Waals surface area (Å²) in [5.41, 5.74) is 6.13. The third kappa shape index (κ3) is 4.76. The van der Waals surface area contributed by atoms with Crippen molar-refractivity contribution in [3.8, 4) is 0 Å². The summed E-state index contributed by atoms with van der Waals surface area (Å²) in [6.45, 7) is 11.2. The molecule has 3 aromatic rings. The molecule has 7 rings (SSSR count). The number of likely N-dealkylation sites (N-methyl/N-ethyl adjacent to an activating group) is 2. The largest absolute Gasteiger partial charge is 0.380 e. The topological polar surface area (TPSA) is 99.7 Å². The van der Waals surface area contributed by atoms with Gasteiger partial charge in [-0.1, -0.05) is 36.4 Å². The van der Waals surface area contributed by atoms with E-state index in [2.05, 4.69) is 0 Å². The maximum absolute atomic E-state index is 14.3. The van der Waals surface area contributed by atoms with Crippen molar-refractivity contribution in [2.75, 3.05) is 72.2 Å². The lowest BCUT2D eigenvalue weighted by Crippen LogP contribution is -2.37. The van der Waals surface area contributed by atoms with Crippen LogP contribution in [0, 0.1) is 0 Å². The number of rotatable bonds is 12. The van der Waals surface area contributed by atoms with Gasteiger partial charge in [-0.05, 0) is 74.2 Å². The molecule has 4 amide bonds. The predicted octanol–water partition coefficient (Wildman–Crippen LogP) is 4.92. The van der Waals surface area contributed by atoms with E-state index >= 15 is 0 Å². The summed E-state index contributed by atoms with van der Waals surface area (Å²) in [5.74, 6) is -3.40. The first-order chi connectivity index (χ1) is 23.4. The molecule has 4 unspecified atom stereocenters. The Morgan fingerprint density at radius 1 is 0.479 bits per heavy atom. The van der Waals surface area contributed by atoms with Crippen LogP contribution in [-0.4, -0.2) is 76.2 Å². The number of ether oxygens (including phenoxy) is 2. The molecule has 0 saturated heterocycles. The fourth-order valence-electron chi connectivity index (χ4n) is 8.25. The summed E-state index contributed by atoms with van der Waals surface area (Å²) in [4.78, 5) is 64.0. The van der Waals surface area contributed by atoms with Crippen LogP contribution in [0.2, 0.25) is 0 Å².